The van der Waals surface area contributed by atoms with Crippen LogP contribution in [0.25, 0.3) is 0 Å². The molecule has 1 atom stereocenters. The summed E-state index contributed by atoms with van der Waals surface area (Å²) >= 11 is 0. The van der Waals surface area contributed by atoms with Gasteiger partial charge in [-0.2, -0.15) is 5.26 Å². The van der Waals surface area contributed by atoms with Gasteiger partial charge in [0.2, 0.25) is 0 Å². The second-order valence-electron chi connectivity index (χ2n) is 10.2. The van der Waals surface area contributed by atoms with Gasteiger partial charge >= 0.3 is 6.03 Å². The van der Waals surface area contributed by atoms with E-state index in [2.05, 4.69) is 50.0 Å². The second-order valence-corrected chi connectivity index (χ2v) is 10.2. The van der Waals surface area contributed by atoms with Gasteiger partial charge in [0.05, 0.1) is 29.5 Å². The number of fused-ring (bicyclic) bond motifs is 1. The molecule has 1 aromatic carbocycles. The highest BCUT2D eigenvalue weighted by Crippen LogP contribution is 2.47. The molecule has 2 heterocycles. The van der Waals surface area contributed by atoms with Crippen molar-refractivity contribution in [2.75, 3.05) is 31.1 Å². The molecule has 0 radical (unpaired) electrons. The molecule has 2 fully saturated rings. The number of rotatable bonds is 4. The van der Waals surface area contributed by atoms with Crippen molar-refractivity contribution in [3.63, 3.8) is 0 Å². The summed E-state index contributed by atoms with van der Waals surface area (Å²) in [5, 5.41) is 13.2. The topological polar surface area (TPSA) is 68.6 Å². The molecule has 2 aliphatic heterocycles. The number of hydrogen-bond donors (Lipinski definition) is 1. The first kappa shape index (κ1) is 22.0. The number of nitrogens with one attached hydrogen (secondary N) is 1. The van der Waals surface area contributed by atoms with Crippen molar-refractivity contribution < 1.29 is 9.53 Å². The molecule has 1 aromatic rings. The summed E-state index contributed by atoms with van der Waals surface area (Å²) in [5.74, 6) is 0.936. The van der Waals surface area contributed by atoms with Gasteiger partial charge in [-0.1, -0.05) is 13.8 Å². The lowest BCUT2D eigenvalue weighted by Crippen LogP contribution is -2.59. The SMILES string of the molecule is CCNC(=O)N1CCN(c2cc(C3CC3)c3c(c2C#N)CC(C)(C)OC3)C[C@H]1C(C)C. The lowest BCUT2D eigenvalue weighted by atomic mass is 9.83. The van der Waals surface area contributed by atoms with Gasteiger partial charge in [0.15, 0.2) is 0 Å². The normalized spacial score (nSPS) is 22.8. The summed E-state index contributed by atoms with van der Waals surface area (Å²) in [6.07, 6.45) is 3.22. The van der Waals surface area contributed by atoms with Crippen molar-refractivity contribution in [2.45, 2.75) is 78.0 Å². The number of anilines is 1. The van der Waals surface area contributed by atoms with E-state index >= 15 is 0 Å². The maximum Gasteiger partial charge on any atom is 0.317 e. The Labute approximate surface area is 186 Å². The molecule has 31 heavy (non-hydrogen) atoms. The van der Waals surface area contributed by atoms with Crippen molar-refractivity contribution in [1.82, 2.24) is 10.2 Å². The zero-order chi connectivity index (χ0) is 22.3. The first-order valence-electron chi connectivity index (χ1n) is 11.8. The minimum atomic E-state index is -0.255. The van der Waals surface area contributed by atoms with Crippen molar-refractivity contribution in [1.29, 1.82) is 5.26 Å². The Morgan fingerprint density at radius 1 is 1.32 bits per heavy atom. The van der Waals surface area contributed by atoms with Gasteiger partial charge in [-0.3, -0.25) is 0 Å². The molecule has 1 saturated carbocycles. The standard InChI is InChI=1S/C25H36N4O2/c1-6-27-24(30)29-10-9-28(14-23(29)16(2)3)22-11-18(17-7-8-17)21-15-31-25(4,5)12-19(21)20(22)13-26/h11,16-17,23H,6-10,12,14-15H2,1-5H3,(H,27,30)/t23-/m0/s1. The lowest BCUT2D eigenvalue weighted by molar-refractivity contribution is -0.0405. The van der Waals surface area contributed by atoms with Crippen LogP contribution < -0.4 is 10.2 Å². The predicted octanol–water partition coefficient (Wildman–Crippen LogP) is 4.16. The third-order valence-electron chi connectivity index (χ3n) is 7.02. The molecule has 6 heteroatoms. The molecule has 6 nitrogen and oxygen atoms in total. The highest BCUT2D eigenvalue weighted by molar-refractivity contribution is 5.75. The number of ether oxygens (including phenoxy) is 1. The van der Waals surface area contributed by atoms with Crippen molar-refractivity contribution in [2.24, 2.45) is 5.92 Å². The van der Waals surface area contributed by atoms with E-state index in [0.717, 1.165) is 30.8 Å². The van der Waals surface area contributed by atoms with Gasteiger partial charge in [-0.15, -0.1) is 0 Å². The molecule has 1 aliphatic carbocycles. The molecule has 1 N–H and O–H groups in total. The van der Waals surface area contributed by atoms with Crippen LogP contribution in [0.3, 0.4) is 0 Å². The Bertz CT molecular complexity index is 898. The molecule has 0 bridgehead atoms. The van der Waals surface area contributed by atoms with E-state index in [-0.39, 0.29) is 17.7 Å². The van der Waals surface area contributed by atoms with Gasteiger partial charge < -0.3 is 19.9 Å². The van der Waals surface area contributed by atoms with E-state index in [9.17, 15) is 10.1 Å². The number of benzene rings is 1. The first-order chi connectivity index (χ1) is 14.8. The van der Waals surface area contributed by atoms with E-state index < -0.39 is 0 Å². The highest BCUT2D eigenvalue weighted by atomic mass is 16.5. The summed E-state index contributed by atoms with van der Waals surface area (Å²) < 4.78 is 6.13. The number of carbonyl (C=O) groups excluding carboxylic acids is 1. The fourth-order valence-electron chi connectivity index (χ4n) is 5.13. The molecule has 2 amide bonds. The minimum Gasteiger partial charge on any atom is -0.371 e. The first-order valence-corrected chi connectivity index (χ1v) is 11.8. The largest absolute Gasteiger partial charge is 0.371 e. The van der Waals surface area contributed by atoms with Crippen LogP contribution in [0.2, 0.25) is 0 Å². The van der Waals surface area contributed by atoms with Gasteiger partial charge in [-0.05, 0) is 68.2 Å². The molecule has 0 unspecified atom stereocenters. The second kappa shape index (κ2) is 8.35. The number of nitriles is 1. The van der Waals surface area contributed by atoms with E-state index in [1.54, 1.807) is 0 Å². The zero-order valence-electron chi connectivity index (χ0n) is 19.6. The van der Waals surface area contributed by atoms with Gasteiger partial charge in [0.25, 0.3) is 0 Å². The Kier molecular flexibility index (Phi) is 5.91. The van der Waals surface area contributed by atoms with E-state index in [1.165, 1.54) is 29.5 Å². The quantitative estimate of drug-likeness (QED) is 0.788. The van der Waals surface area contributed by atoms with Crippen LogP contribution in [0.5, 0.6) is 0 Å². The van der Waals surface area contributed by atoms with E-state index in [4.69, 9.17) is 4.74 Å². The number of piperazine rings is 1. The molecule has 1 saturated heterocycles. The molecular formula is C25H36N4O2. The van der Waals surface area contributed by atoms with Crippen LogP contribution in [0.1, 0.15) is 75.6 Å². The number of hydrogen-bond acceptors (Lipinski definition) is 4. The lowest BCUT2D eigenvalue weighted by Gasteiger charge is -2.45. The predicted molar refractivity (Wildman–Crippen MR) is 122 cm³/mol. The van der Waals surface area contributed by atoms with Gasteiger partial charge in [-0.25, -0.2) is 4.79 Å². The van der Waals surface area contributed by atoms with Crippen molar-refractivity contribution in [3.05, 3.63) is 28.3 Å². The molecule has 168 valence electrons. The van der Waals surface area contributed by atoms with Gasteiger partial charge in [0, 0.05) is 32.6 Å². The maximum atomic E-state index is 12.6. The summed E-state index contributed by atoms with van der Waals surface area (Å²) in [7, 11) is 0. The fourth-order valence-corrected chi connectivity index (χ4v) is 5.13. The van der Waals surface area contributed by atoms with E-state index in [1.807, 2.05) is 11.8 Å². The monoisotopic (exact) mass is 424 g/mol. The van der Waals surface area contributed by atoms with Crippen molar-refractivity contribution >= 4 is 11.7 Å². The highest BCUT2D eigenvalue weighted by Gasteiger charge is 2.38. The molecule has 0 spiro atoms. The Morgan fingerprint density at radius 3 is 2.68 bits per heavy atom. The zero-order valence-corrected chi connectivity index (χ0v) is 19.6. The average molecular weight is 425 g/mol. The Morgan fingerprint density at radius 2 is 2.06 bits per heavy atom. The molecule has 3 aliphatic rings. The molecule has 0 aromatic heterocycles. The number of carbonyl (C=O) groups is 1. The summed E-state index contributed by atoms with van der Waals surface area (Å²) in [5.41, 5.74) is 5.43. The summed E-state index contributed by atoms with van der Waals surface area (Å²) in [6, 6.07) is 4.96. The Balaban J connectivity index is 1.72. The summed E-state index contributed by atoms with van der Waals surface area (Å²) in [6.45, 7) is 13.9. The number of amides is 2. The smallest absolute Gasteiger partial charge is 0.317 e. The number of urea groups is 1. The number of nitrogens with zero attached hydrogens (tertiary/aromatic N) is 3. The summed E-state index contributed by atoms with van der Waals surface area (Å²) in [4.78, 5) is 17.0. The third-order valence-corrected chi connectivity index (χ3v) is 7.02. The minimum absolute atomic E-state index is 0.0179. The average Bonchev–Trinajstić information content (AvgIpc) is 3.56. The van der Waals surface area contributed by atoms with Crippen LogP contribution in [0.15, 0.2) is 6.07 Å². The van der Waals surface area contributed by atoms with Crippen LogP contribution in [-0.2, 0) is 17.8 Å². The van der Waals surface area contributed by atoms with Gasteiger partial charge in [0.1, 0.15) is 6.07 Å². The van der Waals surface area contributed by atoms with Crippen LogP contribution in [0.4, 0.5) is 10.5 Å². The molecule has 4 rings (SSSR count). The van der Waals surface area contributed by atoms with Crippen LogP contribution in [0, 0.1) is 17.2 Å². The van der Waals surface area contributed by atoms with Crippen LogP contribution in [-0.4, -0.2) is 48.8 Å². The Hall–Kier alpha value is -2.26. The third kappa shape index (κ3) is 4.25. The van der Waals surface area contributed by atoms with Crippen molar-refractivity contribution in [3.8, 4) is 6.07 Å². The van der Waals surface area contributed by atoms with Crippen LogP contribution >= 0.6 is 0 Å². The molecular weight excluding hydrogens is 388 g/mol. The fraction of sp³-hybridized carbons (Fsp3) is 0.680. The van der Waals surface area contributed by atoms with E-state index in [0.29, 0.717) is 31.5 Å². The maximum absolute atomic E-state index is 12.6.